The van der Waals surface area contributed by atoms with Crippen molar-refractivity contribution >= 4 is 23.1 Å². The summed E-state index contributed by atoms with van der Waals surface area (Å²) in [6, 6.07) is 8.59. The molecule has 0 aliphatic heterocycles. The first kappa shape index (κ1) is 17.0. The van der Waals surface area contributed by atoms with Gasteiger partial charge in [-0.1, -0.05) is 47.7 Å². The molecule has 0 aliphatic rings. The molecule has 0 atom stereocenters. The Labute approximate surface area is 151 Å². The molecule has 2 aromatic heterocycles. The fraction of sp³-hybridized carbons (Fsp3) is 0.263. The number of hydrogen-bond donors (Lipinski definition) is 0. The average Bonchev–Trinajstić information content (AvgIpc) is 3.10. The van der Waals surface area contributed by atoms with E-state index in [0.29, 0.717) is 6.54 Å². The summed E-state index contributed by atoms with van der Waals surface area (Å²) in [6.45, 7) is 11.0. The molecule has 0 aliphatic carbocycles. The van der Waals surface area contributed by atoms with Crippen molar-refractivity contribution < 1.29 is 0 Å². The molecule has 0 saturated heterocycles. The Hall–Kier alpha value is -1.85. The van der Waals surface area contributed by atoms with Gasteiger partial charge in [0.2, 0.25) is 0 Å². The number of thioether (sulfide) groups is 1. The summed E-state index contributed by atoms with van der Waals surface area (Å²) >= 11 is 3.48. The van der Waals surface area contributed by atoms with Gasteiger partial charge < -0.3 is 0 Å². The van der Waals surface area contributed by atoms with Crippen LogP contribution in [0.5, 0.6) is 0 Å². The third-order valence-electron chi connectivity index (χ3n) is 4.01. The van der Waals surface area contributed by atoms with Crippen molar-refractivity contribution in [3.05, 3.63) is 63.9 Å². The van der Waals surface area contributed by atoms with Gasteiger partial charge in [0.15, 0.2) is 11.0 Å². The summed E-state index contributed by atoms with van der Waals surface area (Å²) in [7, 11) is 0. The van der Waals surface area contributed by atoms with Crippen LogP contribution in [0.15, 0.2) is 47.5 Å². The molecule has 0 saturated carbocycles. The van der Waals surface area contributed by atoms with Crippen LogP contribution in [0, 0.1) is 20.8 Å². The zero-order valence-electron chi connectivity index (χ0n) is 14.2. The molecule has 3 nitrogen and oxygen atoms in total. The molecule has 3 rings (SSSR count). The minimum atomic E-state index is 0.715. The van der Waals surface area contributed by atoms with Gasteiger partial charge in [0.1, 0.15) is 0 Å². The molecule has 24 heavy (non-hydrogen) atoms. The summed E-state index contributed by atoms with van der Waals surface area (Å²) in [5, 5.41) is 12.0. The zero-order chi connectivity index (χ0) is 17.1. The number of thiophene rings is 1. The summed E-state index contributed by atoms with van der Waals surface area (Å²) in [6.07, 6.45) is 1.90. The third kappa shape index (κ3) is 3.47. The van der Waals surface area contributed by atoms with E-state index in [1.807, 2.05) is 6.08 Å². The molecule has 124 valence electrons. The Morgan fingerprint density at radius 1 is 1.25 bits per heavy atom. The third-order valence-corrected chi connectivity index (χ3v) is 6.06. The summed E-state index contributed by atoms with van der Waals surface area (Å²) in [4.78, 5) is 1.33. The van der Waals surface area contributed by atoms with Gasteiger partial charge >= 0.3 is 0 Å². The van der Waals surface area contributed by atoms with Crippen LogP contribution >= 0.6 is 23.1 Å². The highest BCUT2D eigenvalue weighted by Gasteiger charge is 2.17. The maximum atomic E-state index is 4.46. The van der Waals surface area contributed by atoms with E-state index in [-0.39, 0.29) is 0 Å². The van der Waals surface area contributed by atoms with Gasteiger partial charge in [0.05, 0.1) is 0 Å². The SMILES string of the molecule is C=CCn1c(SCc2cccc(C)c2)nnc1-c1csc(C)c1C. The molecule has 0 spiro atoms. The maximum Gasteiger partial charge on any atom is 0.192 e. The van der Waals surface area contributed by atoms with Gasteiger partial charge in [-0.2, -0.15) is 0 Å². The first-order valence-electron chi connectivity index (χ1n) is 7.87. The molecule has 0 amide bonds. The second kappa shape index (κ2) is 7.36. The van der Waals surface area contributed by atoms with Gasteiger partial charge in [-0.3, -0.25) is 4.57 Å². The lowest BCUT2D eigenvalue weighted by molar-refractivity contribution is 0.731. The number of nitrogens with zero attached hydrogens (tertiary/aromatic N) is 3. The molecule has 0 bridgehead atoms. The van der Waals surface area contributed by atoms with E-state index in [1.165, 1.54) is 27.1 Å². The highest BCUT2D eigenvalue weighted by Crippen LogP contribution is 2.32. The first-order valence-corrected chi connectivity index (χ1v) is 9.74. The van der Waals surface area contributed by atoms with Crippen molar-refractivity contribution in [2.45, 2.75) is 38.2 Å². The minimum absolute atomic E-state index is 0.715. The van der Waals surface area contributed by atoms with Gasteiger partial charge in [-0.05, 0) is 31.9 Å². The van der Waals surface area contributed by atoms with Crippen molar-refractivity contribution in [2.75, 3.05) is 0 Å². The van der Waals surface area contributed by atoms with Gasteiger partial charge in [-0.25, -0.2) is 0 Å². The first-order chi connectivity index (χ1) is 11.6. The highest BCUT2D eigenvalue weighted by molar-refractivity contribution is 7.98. The molecule has 3 aromatic rings. The quantitative estimate of drug-likeness (QED) is 0.437. The second-order valence-electron chi connectivity index (χ2n) is 5.81. The Kier molecular flexibility index (Phi) is 5.21. The van der Waals surface area contributed by atoms with Crippen LogP contribution in [0.3, 0.4) is 0 Å². The predicted octanol–water partition coefficient (Wildman–Crippen LogP) is 5.41. The summed E-state index contributed by atoms with van der Waals surface area (Å²) < 4.78 is 2.15. The molecule has 0 unspecified atom stereocenters. The fourth-order valence-corrected chi connectivity index (χ4v) is 4.33. The predicted molar refractivity (Wildman–Crippen MR) is 104 cm³/mol. The largest absolute Gasteiger partial charge is 0.298 e. The summed E-state index contributed by atoms with van der Waals surface area (Å²) in [5.74, 6) is 1.82. The zero-order valence-corrected chi connectivity index (χ0v) is 15.9. The van der Waals surface area contributed by atoms with Crippen LogP contribution in [-0.4, -0.2) is 14.8 Å². The van der Waals surface area contributed by atoms with Crippen LogP contribution in [0.1, 0.15) is 21.6 Å². The number of hydrogen-bond acceptors (Lipinski definition) is 4. The van der Waals surface area contributed by atoms with E-state index >= 15 is 0 Å². The summed E-state index contributed by atoms with van der Waals surface area (Å²) in [5.41, 5.74) is 5.05. The van der Waals surface area contributed by atoms with E-state index < -0.39 is 0 Å². The lowest BCUT2D eigenvalue weighted by Gasteiger charge is -2.08. The average molecular weight is 356 g/mol. The van der Waals surface area contributed by atoms with E-state index in [1.54, 1.807) is 23.1 Å². The van der Waals surface area contributed by atoms with Crippen molar-refractivity contribution in [3.8, 4) is 11.4 Å². The van der Waals surface area contributed by atoms with E-state index in [0.717, 1.165) is 16.7 Å². The number of benzene rings is 1. The number of aromatic nitrogens is 3. The smallest absolute Gasteiger partial charge is 0.192 e. The van der Waals surface area contributed by atoms with Crippen LogP contribution in [0.25, 0.3) is 11.4 Å². The van der Waals surface area contributed by atoms with Gasteiger partial charge in [0, 0.05) is 28.1 Å². The fourth-order valence-electron chi connectivity index (χ4n) is 2.57. The second-order valence-corrected chi connectivity index (χ2v) is 7.84. The molecule has 0 fully saturated rings. The normalized spacial score (nSPS) is 11.0. The molecule has 1 aromatic carbocycles. The number of rotatable bonds is 6. The van der Waals surface area contributed by atoms with Crippen molar-refractivity contribution in [1.82, 2.24) is 14.8 Å². The van der Waals surface area contributed by atoms with Crippen LogP contribution < -0.4 is 0 Å². The van der Waals surface area contributed by atoms with E-state index in [4.69, 9.17) is 0 Å². The van der Waals surface area contributed by atoms with Crippen molar-refractivity contribution in [1.29, 1.82) is 0 Å². The molecule has 0 N–H and O–H groups in total. The maximum absolute atomic E-state index is 4.46. The van der Waals surface area contributed by atoms with Crippen LogP contribution in [-0.2, 0) is 12.3 Å². The Bertz CT molecular complexity index is 861. The molecule has 0 radical (unpaired) electrons. The van der Waals surface area contributed by atoms with Gasteiger partial charge in [0.25, 0.3) is 0 Å². The van der Waals surface area contributed by atoms with Crippen molar-refractivity contribution in [3.63, 3.8) is 0 Å². The molecular weight excluding hydrogens is 334 g/mol. The van der Waals surface area contributed by atoms with Crippen LogP contribution in [0.4, 0.5) is 0 Å². The monoisotopic (exact) mass is 355 g/mol. The lowest BCUT2D eigenvalue weighted by Crippen LogP contribution is -2.01. The Morgan fingerprint density at radius 3 is 2.75 bits per heavy atom. The van der Waals surface area contributed by atoms with Crippen molar-refractivity contribution in [2.24, 2.45) is 0 Å². The number of aryl methyl sites for hydroxylation is 2. The lowest BCUT2D eigenvalue weighted by atomic mass is 10.1. The number of allylic oxidation sites excluding steroid dienone is 1. The Balaban J connectivity index is 1.88. The Morgan fingerprint density at radius 2 is 2.08 bits per heavy atom. The topological polar surface area (TPSA) is 30.7 Å². The standard InChI is InChI=1S/C19H21N3S2/c1-5-9-22-18(17-12-23-15(4)14(17)3)20-21-19(22)24-11-16-8-6-7-13(2)10-16/h5-8,10,12H,1,9,11H2,2-4H3. The van der Waals surface area contributed by atoms with Crippen LogP contribution in [0.2, 0.25) is 0 Å². The highest BCUT2D eigenvalue weighted by atomic mass is 32.2. The minimum Gasteiger partial charge on any atom is -0.298 e. The van der Waals surface area contributed by atoms with E-state index in [9.17, 15) is 0 Å². The molecule has 5 heteroatoms. The van der Waals surface area contributed by atoms with E-state index in [2.05, 4.69) is 71.8 Å². The molecule has 2 heterocycles. The molecular formula is C19H21N3S2. The van der Waals surface area contributed by atoms with Gasteiger partial charge in [-0.15, -0.1) is 28.1 Å².